The molecule has 32 heavy (non-hydrogen) atoms. The Morgan fingerprint density at radius 3 is 2.41 bits per heavy atom. The summed E-state index contributed by atoms with van der Waals surface area (Å²) >= 11 is 0. The van der Waals surface area contributed by atoms with Gasteiger partial charge in [0.15, 0.2) is 5.82 Å². The Kier molecular flexibility index (Phi) is 4.54. The van der Waals surface area contributed by atoms with Crippen molar-refractivity contribution in [2.45, 2.75) is 0 Å². The molecule has 158 valence electrons. The molecule has 6 rings (SSSR count). The number of benzene rings is 1. The second-order valence-corrected chi connectivity index (χ2v) is 7.32. The minimum Gasteiger partial charge on any atom is -0.378 e. The number of anilines is 1. The standard InChI is InChI=1S/C22H19N9O/c1-2-4-16(5-3-1)18-8-11-30(27-18)20-25-21-24-19(17-6-9-23-10-7-17)28-31(21)22(26-20)29-12-14-32-15-13-29/h1-11H,12-15H2. The Morgan fingerprint density at radius 2 is 1.59 bits per heavy atom. The van der Waals surface area contributed by atoms with Crippen LogP contribution in [0.4, 0.5) is 5.95 Å². The Hall–Kier alpha value is -4.18. The van der Waals surface area contributed by atoms with Gasteiger partial charge in [-0.15, -0.1) is 5.10 Å². The second kappa shape index (κ2) is 7.82. The van der Waals surface area contributed by atoms with Crippen LogP contribution in [0.2, 0.25) is 0 Å². The number of pyridine rings is 1. The van der Waals surface area contributed by atoms with Crippen molar-refractivity contribution in [3.63, 3.8) is 0 Å². The molecule has 1 aromatic carbocycles. The van der Waals surface area contributed by atoms with E-state index in [-0.39, 0.29) is 0 Å². The molecular weight excluding hydrogens is 406 g/mol. The molecule has 5 aromatic rings. The van der Waals surface area contributed by atoms with E-state index in [2.05, 4.69) is 25.0 Å². The van der Waals surface area contributed by atoms with Crippen LogP contribution < -0.4 is 4.90 Å². The zero-order valence-electron chi connectivity index (χ0n) is 17.1. The average Bonchev–Trinajstić information content (AvgIpc) is 3.53. The molecule has 10 nitrogen and oxygen atoms in total. The predicted molar refractivity (Wildman–Crippen MR) is 117 cm³/mol. The number of morpholine rings is 1. The van der Waals surface area contributed by atoms with Gasteiger partial charge in [-0.25, -0.2) is 4.68 Å². The van der Waals surface area contributed by atoms with Gasteiger partial charge < -0.3 is 9.64 Å². The van der Waals surface area contributed by atoms with Crippen molar-refractivity contribution in [2.75, 3.05) is 31.2 Å². The van der Waals surface area contributed by atoms with Crippen LogP contribution in [-0.2, 0) is 4.74 Å². The van der Waals surface area contributed by atoms with Crippen molar-refractivity contribution in [1.29, 1.82) is 0 Å². The molecular formula is C22H19N9O. The third-order valence-electron chi connectivity index (χ3n) is 5.28. The maximum atomic E-state index is 5.52. The highest BCUT2D eigenvalue weighted by Crippen LogP contribution is 2.22. The Labute approximate surface area is 183 Å². The van der Waals surface area contributed by atoms with E-state index in [1.54, 1.807) is 21.6 Å². The second-order valence-electron chi connectivity index (χ2n) is 7.32. The maximum Gasteiger partial charge on any atom is 0.259 e. The third-order valence-corrected chi connectivity index (χ3v) is 5.28. The molecule has 0 aliphatic carbocycles. The van der Waals surface area contributed by atoms with Crippen molar-refractivity contribution in [3.8, 4) is 28.6 Å². The molecule has 0 bridgehead atoms. The molecule has 4 aromatic heterocycles. The summed E-state index contributed by atoms with van der Waals surface area (Å²) in [6.45, 7) is 2.69. The van der Waals surface area contributed by atoms with Gasteiger partial charge in [0.25, 0.3) is 11.7 Å². The molecule has 5 heterocycles. The van der Waals surface area contributed by atoms with Crippen LogP contribution in [-0.4, -0.2) is 65.6 Å². The van der Waals surface area contributed by atoms with Crippen LogP contribution in [0.15, 0.2) is 67.1 Å². The predicted octanol–water partition coefficient (Wildman–Crippen LogP) is 2.27. The summed E-state index contributed by atoms with van der Waals surface area (Å²) in [7, 11) is 0. The summed E-state index contributed by atoms with van der Waals surface area (Å²) in [4.78, 5) is 20.3. The van der Waals surface area contributed by atoms with E-state index < -0.39 is 0 Å². The van der Waals surface area contributed by atoms with Gasteiger partial charge in [-0.3, -0.25) is 4.98 Å². The fourth-order valence-corrected chi connectivity index (χ4v) is 3.65. The number of rotatable bonds is 4. The maximum absolute atomic E-state index is 5.52. The Morgan fingerprint density at radius 1 is 0.781 bits per heavy atom. The highest BCUT2D eigenvalue weighted by atomic mass is 16.5. The van der Waals surface area contributed by atoms with Crippen LogP contribution in [0, 0.1) is 0 Å². The van der Waals surface area contributed by atoms with Gasteiger partial charge in [0.2, 0.25) is 5.95 Å². The van der Waals surface area contributed by atoms with Crippen molar-refractivity contribution >= 4 is 11.7 Å². The average molecular weight is 425 g/mol. The van der Waals surface area contributed by atoms with Crippen LogP contribution in [0.3, 0.4) is 0 Å². The lowest BCUT2D eigenvalue weighted by Gasteiger charge is -2.27. The van der Waals surface area contributed by atoms with Gasteiger partial charge >= 0.3 is 0 Å². The summed E-state index contributed by atoms with van der Waals surface area (Å²) in [6, 6.07) is 15.7. The Balaban J connectivity index is 1.48. The first kappa shape index (κ1) is 18.6. The van der Waals surface area contributed by atoms with Crippen molar-refractivity contribution in [2.24, 2.45) is 0 Å². The van der Waals surface area contributed by atoms with Crippen LogP contribution in [0.1, 0.15) is 0 Å². The van der Waals surface area contributed by atoms with Crippen molar-refractivity contribution < 1.29 is 4.74 Å². The topological polar surface area (TPSA) is 99.2 Å². The minimum absolute atomic E-state index is 0.440. The fraction of sp³-hybridized carbons (Fsp3) is 0.182. The van der Waals surface area contributed by atoms with E-state index >= 15 is 0 Å². The smallest absolute Gasteiger partial charge is 0.259 e. The third kappa shape index (κ3) is 3.36. The number of nitrogens with zero attached hydrogens (tertiary/aromatic N) is 9. The number of hydrogen-bond acceptors (Lipinski definition) is 8. The molecule has 1 aliphatic heterocycles. The first-order valence-corrected chi connectivity index (χ1v) is 10.3. The largest absolute Gasteiger partial charge is 0.378 e. The molecule has 0 unspecified atom stereocenters. The summed E-state index contributed by atoms with van der Waals surface area (Å²) in [5.41, 5.74) is 2.74. The van der Waals surface area contributed by atoms with Crippen molar-refractivity contribution in [3.05, 3.63) is 67.1 Å². The minimum atomic E-state index is 0.440. The molecule has 0 N–H and O–H groups in total. The summed E-state index contributed by atoms with van der Waals surface area (Å²) in [5, 5.41) is 9.38. The molecule has 0 amide bonds. The van der Waals surface area contributed by atoms with E-state index in [1.807, 2.05) is 54.7 Å². The highest BCUT2D eigenvalue weighted by Gasteiger charge is 2.21. The molecule has 1 fully saturated rings. The van der Waals surface area contributed by atoms with Gasteiger partial charge in [-0.2, -0.15) is 24.6 Å². The van der Waals surface area contributed by atoms with Crippen LogP contribution in [0.5, 0.6) is 0 Å². The molecule has 0 saturated carbocycles. The van der Waals surface area contributed by atoms with Gasteiger partial charge in [0.05, 0.1) is 18.9 Å². The summed E-state index contributed by atoms with van der Waals surface area (Å²) in [6.07, 6.45) is 5.29. The van der Waals surface area contributed by atoms with Gasteiger partial charge in [0, 0.05) is 42.8 Å². The van der Waals surface area contributed by atoms with E-state index in [0.29, 0.717) is 49.8 Å². The van der Waals surface area contributed by atoms with E-state index in [1.165, 1.54) is 0 Å². The molecule has 0 spiro atoms. The number of aromatic nitrogens is 8. The molecule has 1 saturated heterocycles. The Bertz CT molecular complexity index is 1360. The lowest BCUT2D eigenvalue weighted by Crippen LogP contribution is -2.38. The number of fused-ring (bicyclic) bond motifs is 1. The van der Waals surface area contributed by atoms with Crippen molar-refractivity contribution in [1.82, 2.24) is 39.3 Å². The lowest BCUT2D eigenvalue weighted by atomic mass is 10.2. The van der Waals surface area contributed by atoms with Gasteiger partial charge in [0.1, 0.15) is 0 Å². The monoisotopic (exact) mass is 425 g/mol. The first-order chi connectivity index (χ1) is 15.8. The number of hydrogen-bond donors (Lipinski definition) is 0. The fourth-order valence-electron chi connectivity index (χ4n) is 3.65. The summed E-state index contributed by atoms with van der Waals surface area (Å²) < 4.78 is 8.88. The SMILES string of the molecule is c1ccc(-c2ccn(-c3nc(N4CCOCC4)n4nc(-c5ccncc5)nc4n3)n2)cc1. The van der Waals surface area contributed by atoms with Gasteiger partial charge in [-0.05, 0) is 18.2 Å². The zero-order valence-corrected chi connectivity index (χ0v) is 17.1. The van der Waals surface area contributed by atoms with E-state index in [0.717, 1.165) is 16.8 Å². The summed E-state index contributed by atoms with van der Waals surface area (Å²) in [5.74, 6) is 2.13. The van der Waals surface area contributed by atoms with Gasteiger partial charge in [-0.1, -0.05) is 30.3 Å². The van der Waals surface area contributed by atoms with E-state index in [9.17, 15) is 0 Å². The lowest BCUT2D eigenvalue weighted by molar-refractivity contribution is 0.121. The normalized spacial score (nSPS) is 14.2. The van der Waals surface area contributed by atoms with Crippen LogP contribution in [0.25, 0.3) is 34.4 Å². The number of ether oxygens (including phenoxy) is 1. The first-order valence-electron chi connectivity index (χ1n) is 10.3. The molecule has 0 radical (unpaired) electrons. The molecule has 0 atom stereocenters. The van der Waals surface area contributed by atoms with E-state index in [4.69, 9.17) is 14.8 Å². The zero-order chi connectivity index (χ0) is 21.3. The highest BCUT2D eigenvalue weighted by molar-refractivity contribution is 5.59. The van der Waals surface area contributed by atoms with Crippen LogP contribution >= 0.6 is 0 Å². The molecule has 1 aliphatic rings. The quantitative estimate of drug-likeness (QED) is 0.432. The molecule has 10 heteroatoms.